The highest BCUT2D eigenvalue weighted by Crippen LogP contribution is 2.34. The van der Waals surface area contributed by atoms with Gasteiger partial charge in [-0.1, -0.05) is 37.3 Å². The molecule has 3 aromatic rings. The van der Waals surface area contributed by atoms with E-state index in [4.69, 9.17) is 18.9 Å². The quantitative estimate of drug-likeness (QED) is 0.0852. The SMILES string of the molecule is CCOC(=O)C(=O)N(c1ccc(CC(NC(C)=O)C(=O)NCCCCOc2cccc(O)c2C(=O)OC)cc1CC)c1ccccc1C(=O)OC. The molecule has 0 saturated carbocycles. The summed E-state index contributed by atoms with van der Waals surface area (Å²) in [6.07, 6.45) is 1.53. The number of amides is 3. The van der Waals surface area contributed by atoms with Gasteiger partial charge in [0, 0.05) is 19.9 Å². The van der Waals surface area contributed by atoms with E-state index in [0.29, 0.717) is 36.1 Å². The minimum atomic E-state index is -1.11. The number of phenols is 1. The van der Waals surface area contributed by atoms with Gasteiger partial charge in [0.25, 0.3) is 0 Å². The van der Waals surface area contributed by atoms with Crippen molar-refractivity contribution in [1.82, 2.24) is 10.6 Å². The average Bonchev–Trinajstić information content (AvgIpc) is 3.12. The maximum Gasteiger partial charge on any atom is 0.397 e. The molecular formula is C37H43N3O11. The minimum absolute atomic E-state index is 0.0338. The lowest BCUT2D eigenvalue weighted by Crippen LogP contribution is -2.47. The number of para-hydroxylation sites is 1. The van der Waals surface area contributed by atoms with Crippen LogP contribution in [0.4, 0.5) is 11.4 Å². The van der Waals surface area contributed by atoms with Crippen molar-refractivity contribution in [2.75, 3.05) is 38.9 Å². The first-order valence-electron chi connectivity index (χ1n) is 16.3. The molecule has 0 spiro atoms. The van der Waals surface area contributed by atoms with Crippen LogP contribution in [0.15, 0.2) is 60.7 Å². The summed E-state index contributed by atoms with van der Waals surface area (Å²) in [4.78, 5) is 77.2. The Kier molecular flexibility index (Phi) is 15.0. The molecule has 0 saturated heterocycles. The van der Waals surface area contributed by atoms with Gasteiger partial charge in [-0.25, -0.2) is 14.4 Å². The summed E-state index contributed by atoms with van der Waals surface area (Å²) in [6.45, 7) is 5.16. The fourth-order valence-corrected chi connectivity index (χ4v) is 5.23. The van der Waals surface area contributed by atoms with Crippen molar-refractivity contribution in [3.63, 3.8) is 0 Å². The Hall–Kier alpha value is -5.92. The lowest BCUT2D eigenvalue weighted by molar-refractivity contribution is -0.152. The molecule has 0 aromatic heterocycles. The number of unbranched alkanes of at least 4 members (excludes halogenated alkanes) is 1. The highest BCUT2D eigenvalue weighted by atomic mass is 16.5. The van der Waals surface area contributed by atoms with Crippen LogP contribution in [-0.2, 0) is 46.2 Å². The number of hydrogen-bond donors (Lipinski definition) is 3. The molecule has 14 heteroatoms. The van der Waals surface area contributed by atoms with Crippen LogP contribution < -0.4 is 20.3 Å². The van der Waals surface area contributed by atoms with E-state index in [-0.39, 0.29) is 54.5 Å². The summed E-state index contributed by atoms with van der Waals surface area (Å²) in [5.41, 5.74) is 1.71. The summed E-state index contributed by atoms with van der Waals surface area (Å²) in [5, 5.41) is 15.5. The molecule has 3 N–H and O–H groups in total. The number of carbonyl (C=O) groups is 6. The van der Waals surface area contributed by atoms with Gasteiger partial charge < -0.3 is 34.7 Å². The molecule has 0 aliphatic rings. The number of aryl methyl sites for hydroxylation is 1. The molecule has 3 aromatic carbocycles. The normalized spacial score (nSPS) is 11.1. The van der Waals surface area contributed by atoms with Crippen molar-refractivity contribution >= 4 is 47.0 Å². The molecule has 51 heavy (non-hydrogen) atoms. The topological polar surface area (TPSA) is 187 Å². The molecule has 3 rings (SSSR count). The van der Waals surface area contributed by atoms with Crippen molar-refractivity contribution in [1.29, 1.82) is 0 Å². The summed E-state index contributed by atoms with van der Waals surface area (Å²) in [5.74, 6) is -4.47. The number of aromatic hydroxyl groups is 1. The summed E-state index contributed by atoms with van der Waals surface area (Å²) in [7, 11) is 2.41. The van der Waals surface area contributed by atoms with E-state index < -0.39 is 41.7 Å². The molecule has 1 atom stereocenters. The van der Waals surface area contributed by atoms with Crippen LogP contribution in [0.2, 0.25) is 0 Å². The van der Waals surface area contributed by atoms with Gasteiger partial charge in [-0.2, -0.15) is 0 Å². The van der Waals surface area contributed by atoms with Crippen molar-refractivity contribution in [2.24, 2.45) is 0 Å². The summed E-state index contributed by atoms with van der Waals surface area (Å²) in [6, 6.07) is 14.8. The van der Waals surface area contributed by atoms with Crippen molar-refractivity contribution in [3.05, 3.63) is 82.9 Å². The maximum atomic E-state index is 13.5. The largest absolute Gasteiger partial charge is 0.507 e. The fourth-order valence-electron chi connectivity index (χ4n) is 5.23. The zero-order chi connectivity index (χ0) is 37.5. The number of methoxy groups -OCH3 is 2. The summed E-state index contributed by atoms with van der Waals surface area (Å²) >= 11 is 0. The van der Waals surface area contributed by atoms with E-state index in [1.54, 1.807) is 49.4 Å². The first-order chi connectivity index (χ1) is 24.5. The van der Waals surface area contributed by atoms with Gasteiger partial charge in [-0.05, 0) is 67.6 Å². The van der Waals surface area contributed by atoms with Gasteiger partial charge in [-0.3, -0.25) is 19.3 Å². The number of anilines is 2. The van der Waals surface area contributed by atoms with Crippen molar-refractivity contribution < 1.29 is 52.8 Å². The number of benzene rings is 3. The van der Waals surface area contributed by atoms with Crippen LogP contribution in [0.5, 0.6) is 11.5 Å². The molecule has 0 aliphatic heterocycles. The van der Waals surface area contributed by atoms with E-state index in [0.717, 1.165) is 4.90 Å². The van der Waals surface area contributed by atoms with Gasteiger partial charge >= 0.3 is 23.8 Å². The number of hydrogen-bond acceptors (Lipinski definition) is 11. The second-order valence-corrected chi connectivity index (χ2v) is 11.1. The fraction of sp³-hybridized carbons (Fsp3) is 0.351. The van der Waals surface area contributed by atoms with Crippen LogP contribution >= 0.6 is 0 Å². The predicted molar refractivity (Wildman–Crippen MR) is 186 cm³/mol. The van der Waals surface area contributed by atoms with E-state index in [1.165, 1.54) is 39.3 Å². The standard InChI is InChI=1S/C37H43N3O11/c1-6-25-21-24(17-18-28(25)40(34(44)37(47)50-7-2)29-14-9-8-13-26(29)35(45)48-4)22-27(39-23(3)41)33(43)38-19-10-11-20-51-31-16-12-15-30(42)32(31)36(46)49-5/h8-9,12-18,21,27,42H,6-7,10-11,19-20,22H2,1-5H3,(H,38,43)(H,39,41). The Morgan fingerprint density at radius 2 is 1.59 bits per heavy atom. The first kappa shape index (κ1) is 39.5. The van der Waals surface area contributed by atoms with E-state index in [2.05, 4.69) is 10.6 Å². The van der Waals surface area contributed by atoms with Gasteiger partial charge in [0.1, 0.15) is 23.1 Å². The molecule has 14 nitrogen and oxygen atoms in total. The van der Waals surface area contributed by atoms with Crippen LogP contribution in [0.25, 0.3) is 0 Å². The number of ether oxygens (including phenoxy) is 4. The second-order valence-electron chi connectivity index (χ2n) is 11.1. The summed E-state index contributed by atoms with van der Waals surface area (Å²) < 4.78 is 20.3. The first-order valence-corrected chi connectivity index (χ1v) is 16.3. The molecule has 0 fully saturated rings. The lowest BCUT2D eigenvalue weighted by Gasteiger charge is -2.26. The van der Waals surface area contributed by atoms with E-state index >= 15 is 0 Å². The highest BCUT2D eigenvalue weighted by Gasteiger charge is 2.31. The molecular weight excluding hydrogens is 662 g/mol. The highest BCUT2D eigenvalue weighted by molar-refractivity contribution is 6.40. The molecule has 0 bridgehead atoms. The van der Waals surface area contributed by atoms with E-state index in [9.17, 15) is 33.9 Å². The van der Waals surface area contributed by atoms with Gasteiger partial charge in [0.2, 0.25) is 11.8 Å². The predicted octanol–water partition coefficient (Wildman–Crippen LogP) is 3.78. The third kappa shape index (κ3) is 10.5. The van der Waals surface area contributed by atoms with Gasteiger partial charge in [0.05, 0.1) is 44.4 Å². The zero-order valence-electron chi connectivity index (χ0n) is 29.3. The van der Waals surface area contributed by atoms with Crippen LogP contribution in [0.1, 0.15) is 65.5 Å². The Bertz CT molecular complexity index is 1740. The number of nitrogens with one attached hydrogen (secondary N) is 2. The minimum Gasteiger partial charge on any atom is -0.507 e. The Labute approximate surface area is 296 Å². The Morgan fingerprint density at radius 3 is 2.25 bits per heavy atom. The van der Waals surface area contributed by atoms with E-state index in [1.807, 2.05) is 6.92 Å². The van der Waals surface area contributed by atoms with Crippen LogP contribution in [0, 0.1) is 0 Å². The number of esters is 3. The molecule has 3 amide bonds. The Morgan fingerprint density at radius 1 is 0.863 bits per heavy atom. The van der Waals surface area contributed by atoms with Gasteiger partial charge in [-0.15, -0.1) is 0 Å². The zero-order valence-corrected chi connectivity index (χ0v) is 29.3. The number of carbonyl (C=O) groups excluding carboxylic acids is 6. The average molecular weight is 706 g/mol. The Balaban J connectivity index is 1.76. The second kappa shape index (κ2) is 19.3. The molecule has 272 valence electrons. The monoisotopic (exact) mass is 705 g/mol. The van der Waals surface area contributed by atoms with Crippen LogP contribution in [-0.4, -0.2) is 80.8 Å². The van der Waals surface area contributed by atoms with Crippen LogP contribution in [0.3, 0.4) is 0 Å². The maximum absolute atomic E-state index is 13.5. The number of rotatable bonds is 16. The molecule has 0 aliphatic carbocycles. The molecule has 1 unspecified atom stereocenters. The van der Waals surface area contributed by atoms with Crippen molar-refractivity contribution in [3.8, 4) is 11.5 Å². The van der Waals surface area contributed by atoms with Gasteiger partial charge in [0.15, 0.2) is 0 Å². The number of phenolic OH excluding ortho intramolecular Hbond substituents is 1. The third-order valence-electron chi connectivity index (χ3n) is 7.62. The molecule has 0 radical (unpaired) electrons. The smallest absolute Gasteiger partial charge is 0.397 e. The number of nitrogens with zero attached hydrogens (tertiary/aromatic N) is 1. The lowest BCUT2D eigenvalue weighted by atomic mass is 9.99. The third-order valence-corrected chi connectivity index (χ3v) is 7.62. The molecule has 0 heterocycles. The van der Waals surface area contributed by atoms with Crippen molar-refractivity contribution in [2.45, 2.75) is 52.5 Å².